The average Bonchev–Trinajstić information content (AvgIpc) is 3.86. The maximum Gasteiger partial charge on any atom is 0.138 e. The largest absolute Gasteiger partial charge is 0.337 e. The predicted molar refractivity (Wildman–Crippen MR) is 209 cm³/mol. The van der Waals surface area contributed by atoms with Gasteiger partial charge in [-0.3, -0.25) is 9.97 Å². The molecule has 52 heavy (non-hydrogen) atoms. The van der Waals surface area contributed by atoms with E-state index in [0.29, 0.717) is 0 Å². The topological polar surface area (TPSA) is 83.1 Å². The van der Waals surface area contributed by atoms with Crippen molar-refractivity contribution in [2.75, 3.05) is 12.5 Å². The molecule has 0 unspecified atom stereocenters. The number of nitrogens with one attached hydrogen (secondary N) is 2. The fourth-order valence-corrected chi connectivity index (χ4v) is 6.50. The molecule has 4 aromatic carbocycles. The first-order chi connectivity index (χ1) is 25.5. The van der Waals surface area contributed by atoms with Crippen LogP contribution in [0.1, 0.15) is 0 Å². The van der Waals surface area contributed by atoms with Crippen LogP contribution < -0.4 is 0 Å². The van der Waals surface area contributed by atoms with Gasteiger partial charge in [0.1, 0.15) is 23.3 Å². The zero-order chi connectivity index (χ0) is 35.9. The van der Waals surface area contributed by atoms with Crippen molar-refractivity contribution in [1.82, 2.24) is 29.9 Å². The number of pyridine rings is 2. The number of aromatic nitrogens is 6. The molecule has 0 radical (unpaired) electrons. The van der Waals surface area contributed by atoms with Crippen molar-refractivity contribution >= 4 is 23.5 Å². The summed E-state index contributed by atoms with van der Waals surface area (Å²) >= 11 is 3.39. The number of imidazole rings is 2. The number of rotatable bonds is 8. The number of thioether (sulfide) groups is 2. The van der Waals surface area contributed by atoms with Crippen molar-refractivity contribution in [1.29, 1.82) is 0 Å². The highest BCUT2D eigenvalue weighted by Gasteiger charge is 2.17. The highest BCUT2D eigenvalue weighted by molar-refractivity contribution is 7.98. The van der Waals surface area contributed by atoms with E-state index in [2.05, 4.69) is 62.6 Å². The van der Waals surface area contributed by atoms with Crippen LogP contribution in [0.25, 0.3) is 67.8 Å². The lowest BCUT2D eigenvalue weighted by atomic mass is 10.1. The van der Waals surface area contributed by atoms with Crippen LogP contribution in [0.3, 0.4) is 0 Å². The molecule has 10 heteroatoms. The number of H-pyrrole nitrogens is 2. The SMILES string of the molecule is CSc1ccc(-c2nc(-c3ccc(F)cc3)c(-c3ccncc3)[nH]2)cc1.CSc1cccc(-c2nc(-c3ccc(F)cc3)c(-c3ccncc3)[nH]2)c1. The van der Waals surface area contributed by atoms with Gasteiger partial charge in [-0.2, -0.15) is 0 Å². The third kappa shape index (κ3) is 7.88. The Labute approximate surface area is 308 Å². The first kappa shape index (κ1) is 34.6. The summed E-state index contributed by atoms with van der Waals surface area (Å²) in [6, 6.07) is 37.0. The molecule has 2 N–H and O–H groups in total. The number of hydrogen-bond acceptors (Lipinski definition) is 6. The molecule has 0 fully saturated rings. The molecule has 0 amide bonds. The molecule has 0 atom stereocenters. The van der Waals surface area contributed by atoms with E-state index in [1.807, 2.05) is 42.7 Å². The monoisotopic (exact) mass is 722 g/mol. The Morgan fingerprint density at radius 2 is 0.885 bits per heavy atom. The molecule has 6 nitrogen and oxygen atoms in total. The molecule has 4 aromatic heterocycles. The van der Waals surface area contributed by atoms with E-state index in [9.17, 15) is 8.78 Å². The molecular weight excluding hydrogens is 691 g/mol. The van der Waals surface area contributed by atoms with Gasteiger partial charge in [0.15, 0.2) is 0 Å². The molecule has 0 bridgehead atoms. The first-order valence-corrected chi connectivity index (χ1v) is 18.8. The summed E-state index contributed by atoms with van der Waals surface area (Å²) in [5.41, 5.74) is 9.08. The number of halogens is 2. The third-order valence-electron chi connectivity index (χ3n) is 8.29. The summed E-state index contributed by atoms with van der Waals surface area (Å²) in [6.45, 7) is 0. The van der Waals surface area contributed by atoms with Gasteiger partial charge in [0.05, 0.1) is 22.8 Å². The minimum Gasteiger partial charge on any atom is -0.337 e. The standard InChI is InChI=1S/2C21H16FN3S/c1-26-18-8-4-16(5-9-18)21-24-19(14-2-6-17(22)7-3-14)20(25-21)15-10-12-23-13-11-15;1-26-18-4-2-3-16(13-18)21-24-19(14-5-7-17(22)8-6-14)20(25-21)15-9-11-23-12-10-15/h2*2-13H,1H3,(H,24,25). The Balaban J connectivity index is 0.000000162. The van der Waals surface area contributed by atoms with Gasteiger partial charge in [0.25, 0.3) is 0 Å². The number of nitrogens with zero attached hydrogens (tertiary/aromatic N) is 4. The normalized spacial score (nSPS) is 10.8. The number of aromatic amines is 2. The van der Waals surface area contributed by atoms with Crippen LogP contribution >= 0.6 is 23.5 Å². The minimum absolute atomic E-state index is 0.261. The van der Waals surface area contributed by atoms with Crippen molar-refractivity contribution in [3.05, 3.63) is 158 Å². The van der Waals surface area contributed by atoms with Crippen LogP contribution in [0.5, 0.6) is 0 Å². The average molecular weight is 723 g/mol. The van der Waals surface area contributed by atoms with Gasteiger partial charge >= 0.3 is 0 Å². The summed E-state index contributed by atoms with van der Waals surface area (Å²) < 4.78 is 26.7. The van der Waals surface area contributed by atoms with Gasteiger partial charge in [-0.25, -0.2) is 18.7 Å². The van der Waals surface area contributed by atoms with E-state index >= 15 is 0 Å². The Morgan fingerprint density at radius 3 is 1.35 bits per heavy atom. The molecule has 4 heterocycles. The zero-order valence-electron chi connectivity index (χ0n) is 28.2. The second-order valence-electron chi connectivity index (χ2n) is 11.6. The van der Waals surface area contributed by atoms with Crippen molar-refractivity contribution in [2.45, 2.75) is 9.79 Å². The number of hydrogen-bond donors (Lipinski definition) is 2. The molecular formula is C42H32F2N6S2. The Hall–Kier alpha value is -5.84. The van der Waals surface area contributed by atoms with Gasteiger partial charge in [0.2, 0.25) is 0 Å². The van der Waals surface area contributed by atoms with E-state index in [0.717, 1.165) is 67.8 Å². The van der Waals surface area contributed by atoms with Gasteiger partial charge < -0.3 is 9.97 Å². The van der Waals surface area contributed by atoms with E-state index < -0.39 is 0 Å². The maximum atomic E-state index is 13.3. The van der Waals surface area contributed by atoms with Crippen LogP contribution in [0.2, 0.25) is 0 Å². The Bertz CT molecular complexity index is 2380. The fourth-order valence-electron chi connectivity index (χ4n) is 5.63. The maximum absolute atomic E-state index is 13.3. The van der Waals surface area contributed by atoms with Gasteiger partial charge in [-0.15, -0.1) is 23.5 Å². The third-order valence-corrected chi connectivity index (χ3v) is 9.76. The summed E-state index contributed by atoms with van der Waals surface area (Å²) in [5, 5.41) is 0. The summed E-state index contributed by atoms with van der Waals surface area (Å²) in [6.07, 6.45) is 11.1. The molecule has 0 saturated carbocycles. The highest BCUT2D eigenvalue weighted by atomic mass is 32.2. The smallest absolute Gasteiger partial charge is 0.138 e. The zero-order valence-corrected chi connectivity index (χ0v) is 29.9. The predicted octanol–water partition coefficient (Wildman–Crippen LogP) is 11.3. The molecule has 0 aliphatic heterocycles. The fraction of sp³-hybridized carbons (Fsp3) is 0.0476. The van der Waals surface area contributed by atoms with Crippen LogP contribution in [0, 0.1) is 11.6 Å². The van der Waals surface area contributed by atoms with Crippen molar-refractivity contribution in [3.63, 3.8) is 0 Å². The van der Waals surface area contributed by atoms with Crippen LogP contribution in [0.15, 0.2) is 156 Å². The lowest BCUT2D eigenvalue weighted by molar-refractivity contribution is 0.627. The molecule has 0 aliphatic rings. The quantitative estimate of drug-likeness (QED) is 0.152. The summed E-state index contributed by atoms with van der Waals surface area (Å²) in [4.78, 5) is 27.0. The van der Waals surface area contributed by atoms with E-state index in [-0.39, 0.29) is 11.6 Å². The van der Waals surface area contributed by atoms with Crippen LogP contribution in [0.4, 0.5) is 8.78 Å². The molecule has 0 aliphatic carbocycles. The highest BCUT2D eigenvalue weighted by Crippen LogP contribution is 2.35. The lowest BCUT2D eigenvalue weighted by Gasteiger charge is -2.02. The van der Waals surface area contributed by atoms with E-state index in [1.54, 1.807) is 72.6 Å². The lowest BCUT2D eigenvalue weighted by Crippen LogP contribution is -1.84. The van der Waals surface area contributed by atoms with Crippen LogP contribution in [-0.4, -0.2) is 42.4 Å². The Kier molecular flexibility index (Phi) is 10.7. The second kappa shape index (κ2) is 16.0. The van der Waals surface area contributed by atoms with E-state index in [4.69, 9.17) is 9.97 Å². The van der Waals surface area contributed by atoms with Crippen molar-refractivity contribution in [2.24, 2.45) is 0 Å². The molecule has 0 spiro atoms. The molecule has 0 saturated heterocycles. The van der Waals surface area contributed by atoms with Crippen molar-refractivity contribution in [3.8, 4) is 67.8 Å². The molecule has 8 aromatic rings. The van der Waals surface area contributed by atoms with Crippen molar-refractivity contribution < 1.29 is 8.78 Å². The Morgan fingerprint density at radius 1 is 0.442 bits per heavy atom. The van der Waals surface area contributed by atoms with Gasteiger partial charge in [0, 0.05) is 68.0 Å². The summed E-state index contributed by atoms with van der Waals surface area (Å²) in [7, 11) is 0. The summed E-state index contributed by atoms with van der Waals surface area (Å²) in [5.74, 6) is 1.04. The van der Waals surface area contributed by atoms with Gasteiger partial charge in [-0.05, 0) is 110 Å². The molecule has 8 rings (SSSR count). The minimum atomic E-state index is -0.261. The van der Waals surface area contributed by atoms with Gasteiger partial charge in [-0.1, -0.05) is 24.3 Å². The van der Waals surface area contributed by atoms with Crippen LogP contribution in [-0.2, 0) is 0 Å². The first-order valence-electron chi connectivity index (χ1n) is 16.3. The number of benzene rings is 4. The second-order valence-corrected chi connectivity index (χ2v) is 13.3. The molecule has 256 valence electrons. The van der Waals surface area contributed by atoms with E-state index in [1.165, 1.54) is 34.1 Å².